The largest absolute Gasteiger partial charge is 0.387 e. The summed E-state index contributed by atoms with van der Waals surface area (Å²) in [5.41, 5.74) is -0.860. The highest BCUT2D eigenvalue weighted by Gasteiger charge is 2.21. The van der Waals surface area contributed by atoms with Crippen LogP contribution in [0, 0.1) is 6.92 Å². The minimum Gasteiger partial charge on any atom is -0.387 e. The first-order chi connectivity index (χ1) is 12.8. The number of rotatable bonds is 9. The van der Waals surface area contributed by atoms with Crippen molar-refractivity contribution in [3.05, 3.63) is 34.0 Å². The van der Waals surface area contributed by atoms with Gasteiger partial charge in [0.25, 0.3) is 0 Å². The fourth-order valence-corrected chi connectivity index (χ4v) is 3.39. The van der Waals surface area contributed by atoms with E-state index in [1.54, 1.807) is 11.3 Å². The summed E-state index contributed by atoms with van der Waals surface area (Å²) in [4.78, 5) is 7.91. The highest BCUT2D eigenvalue weighted by Crippen LogP contribution is 2.08. The molecule has 2 aromatic heterocycles. The number of guanidine groups is 1. The van der Waals surface area contributed by atoms with E-state index in [1.165, 1.54) is 4.88 Å². The number of nitrogens with zero attached hydrogens (tertiary/aromatic N) is 5. The second-order valence-electron chi connectivity index (χ2n) is 7.23. The fraction of sp³-hybridized carbons (Fsp3) is 0.611. The Morgan fingerprint density at radius 1 is 1.37 bits per heavy atom. The van der Waals surface area contributed by atoms with Crippen LogP contribution in [0.3, 0.4) is 0 Å². The SMILES string of the molecule is Cc1nnc(CN=C(NCCc2cccs2)NCC(C)(O)CN(C)C)n1C. The summed E-state index contributed by atoms with van der Waals surface area (Å²) in [5.74, 6) is 2.31. The lowest BCUT2D eigenvalue weighted by Gasteiger charge is -2.28. The maximum absolute atomic E-state index is 10.5. The van der Waals surface area contributed by atoms with E-state index in [4.69, 9.17) is 0 Å². The van der Waals surface area contributed by atoms with E-state index < -0.39 is 5.60 Å². The zero-order chi connectivity index (χ0) is 19.9. The zero-order valence-electron chi connectivity index (χ0n) is 16.9. The molecule has 2 heterocycles. The molecule has 0 fully saturated rings. The summed E-state index contributed by atoms with van der Waals surface area (Å²) in [6.45, 7) is 5.87. The molecule has 0 radical (unpaired) electrons. The van der Waals surface area contributed by atoms with Crippen LogP contribution in [-0.2, 0) is 20.0 Å². The van der Waals surface area contributed by atoms with Crippen LogP contribution in [0.1, 0.15) is 23.4 Å². The van der Waals surface area contributed by atoms with Crippen LogP contribution < -0.4 is 10.6 Å². The Morgan fingerprint density at radius 2 is 2.15 bits per heavy atom. The minimum atomic E-state index is -0.860. The average Bonchev–Trinajstić information content (AvgIpc) is 3.20. The number of aliphatic hydroxyl groups is 1. The molecule has 27 heavy (non-hydrogen) atoms. The molecule has 0 aliphatic rings. The number of hydrogen-bond donors (Lipinski definition) is 3. The molecule has 0 saturated heterocycles. The monoisotopic (exact) mass is 393 g/mol. The molecule has 3 N–H and O–H groups in total. The van der Waals surface area contributed by atoms with Crippen molar-refractivity contribution in [2.24, 2.45) is 12.0 Å². The Kier molecular flexibility index (Phi) is 7.76. The second kappa shape index (κ2) is 9.82. The molecule has 0 spiro atoms. The van der Waals surface area contributed by atoms with Crippen LogP contribution in [-0.4, -0.2) is 70.1 Å². The first-order valence-corrected chi connectivity index (χ1v) is 9.91. The lowest BCUT2D eigenvalue weighted by molar-refractivity contribution is 0.0377. The fourth-order valence-electron chi connectivity index (χ4n) is 2.68. The predicted octanol–water partition coefficient (Wildman–Crippen LogP) is 0.776. The van der Waals surface area contributed by atoms with Gasteiger partial charge in [-0.1, -0.05) is 6.07 Å². The standard InChI is InChI=1S/C18H31N7OS/c1-14-22-23-16(25(14)5)11-20-17(19-9-8-15-7-6-10-27-15)21-12-18(2,26)13-24(3)4/h6-7,10,26H,8-9,11-13H2,1-5H3,(H2,19,20,21). The third-order valence-corrected chi connectivity index (χ3v) is 5.03. The molecular formula is C18H31N7OS. The van der Waals surface area contributed by atoms with Crippen LogP contribution in [0.15, 0.2) is 22.5 Å². The van der Waals surface area contributed by atoms with Gasteiger partial charge in [0.05, 0.1) is 5.60 Å². The Hall–Kier alpha value is -1.97. The van der Waals surface area contributed by atoms with Crippen molar-refractivity contribution in [2.45, 2.75) is 32.4 Å². The Balaban J connectivity index is 1.98. The predicted molar refractivity (Wildman–Crippen MR) is 110 cm³/mol. The maximum Gasteiger partial charge on any atom is 0.191 e. The molecule has 150 valence electrons. The smallest absolute Gasteiger partial charge is 0.191 e. The normalized spacial score (nSPS) is 14.4. The van der Waals surface area contributed by atoms with Gasteiger partial charge in [-0.05, 0) is 45.8 Å². The van der Waals surface area contributed by atoms with Gasteiger partial charge in [-0.3, -0.25) is 0 Å². The van der Waals surface area contributed by atoms with Gasteiger partial charge < -0.3 is 25.2 Å². The molecule has 1 unspecified atom stereocenters. The van der Waals surface area contributed by atoms with Gasteiger partial charge in [-0.25, -0.2) is 4.99 Å². The van der Waals surface area contributed by atoms with Gasteiger partial charge in [0, 0.05) is 31.6 Å². The number of aromatic nitrogens is 3. The van der Waals surface area contributed by atoms with Crippen molar-refractivity contribution in [2.75, 3.05) is 33.7 Å². The van der Waals surface area contributed by atoms with E-state index in [2.05, 4.69) is 43.3 Å². The van der Waals surface area contributed by atoms with Gasteiger partial charge in [0.1, 0.15) is 12.4 Å². The number of aliphatic imine (C=N–C) groups is 1. The molecule has 1 atom stereocenters. The third kappa shape index (κ3) is 7.28. The summed E-state index contributed by atoms with van der Waals surface area (Å²) in [5, 5.41) is 27.4. The van der Waals surface area contributed by atoms with E-state index in [1.807, 2.05) is 44.5 Å². The molecular weight excluding hydrogens is 362 g/mol. The molecule has 2 aromatic rings. The number of hydrogen-bond acceptors (Lipinski definition) is 6. The molecule has 0 aliphatic carbocycles. The quantitative estimate of drug-likeness (QED) is 0.431. The maximum atomic E-state index is 10.5. The van der Waals surface area contributed by atoms with Crippen LogP contribution in [0.2, 0.25) is 0 Å². The molecule has 0 aromatic carbocycles. The lowest BCUT2D eigenvalue weighted by atomic mass is 10.1. The number of nitrogens with one attached hydrogen (secondary N) is 2. The first-order valence-electron chi connectivity index (χ1n) is 9.03. The Bertz CT molecular complexity index is 722. The molecule has 2 rings (SSSR count). The van der Waals surface area contributed by atoms with Crippen molar-refractivity contribution in [3.63, 3.8) is 0 Å². The summed E-state index contributed by atoms with van der Waals surface area (Å²) >= 11 is 1.75. The second-order valence-corrected chi connectivity index (χ2v) is 8.26. The first kappa shape index (κ1) is 21.3. The highest BCUT2D eigenvalue weighted by atomic mass is 32.1. The minimum absolute atomic E-state index is 0.397. The van der Waals surface area contributed by atoms with E-state index in [-0.39, 0.29) is 0 Å². The topological polar surface area (TPSA) is 90.6 Å². The summed E-state index contributed by atoms with van der Waals surface area (Å²) < 4.78 is 1.93. The van der Waals surface area contributed by atoms with Gasteiger partial charge >= 0.3 is 0 Å². The molecule has 0 aliphatic heterocycles. The van der Waals surface area contributed by atoms with Crippen LogP contribution in [0.5, 0.6) is 0 Å². The molecule has 0 saturated carbocycles. The number of thiophene rings is 1. The summed E-state index contributed by atoms with van der Waals surface area (Å²) in [6, 6.07) is 4.18. The molecule has 8 nitrogen and oxygen atoms in total. The van der Waals surface area contributed by atoms with Crippen LogP contribution >= 0.6 is 11.3 Å². The third-order valence-electron chi connectivity index (χ3n) is 4.10. The van der Waals surface area contributed by atoms with E-state index in [0.717, 1.165) is 24.6 Å². The number of aryl methyl sites for hydroxylation is 1. The van der Waals surface area contributed by atoms with Crippen molar-refractivity contribution < 1.29 is 5.11 Å². The average molecular weight is 394 g/mol. The zero-order valence-corrected chi connectivity index (χ0v) is 17.7. The van der Waals surface area contributed by atoms with Gasteiger partial charge in [-0.2, -0.15) is 0 Å². The van der Waals surface area contributed by atoms with Crippen LogP contribution in [0.4, 0.5) is 0 Å². The summed E-state index contributed by atoms with van der Waals surface area (Å²) in [7, 11) is 5.82. The molecule has 0 amide bonds. The van der Waals surface area contributed by atoms with Crippen molar-refractivity contribution in [3.8, 4) is 0 Å². The molecule has 9 heteroatoms. The van der Waals surface area contributed by atoms with Gasteiger partial charge in [-0.15, -0.1) is 21.5 Å². The lowest BCUT2D eigenvalue weighted by Crippen LogP contribution is -2.50. The molecule has 0 bridgehead atoms. The van der Waals surface area contributed by atoms with E-state index in [0.29, 0.717) is 25.6 Å². The van der Waals surface area contributed by atoms with Crippen molar-refractivity contribution >= 4 is 17.3 Å². The Morgan fingerprint density at radius 3 is 2.74 bits per heavy atom. The van der Waals surface area contributed by atoms with Gasteiger partial charge in [0.2, 0.25) is 0 Å². The van der Waals surface area contributed by atoms with E-state index >= 15 is 0 Å². The van der Waals surface area contributed by atoms with Crippen molar-refractivity contribution in [1.29, 1.82) is 0 Å². The van der Waals surface area contributed by atoms with Crippen molar-refractivity contribution in [1.82, 2.24) is 30.3 Å². The highest BCUT2D eigenvalue weighted by molar-refractivity contribution is 7.09. The van der Waals surface area contributed by atoms with E-state index in [9.17, 15) is 5.11 Å². The Labute approximate surface area is 165 Å². The number of likely N-dealkylation sites (N-methyl/N-ethyl adjacent to an activating group) is 1. The summed E-state index contributed by atoms with van der Waals surface area (Å²) in [6.07, 6.45) is 0.926. The van der Waals surface area contributed by atoms with Gasteiger partial charge in [0.15, 0.2) is 11.8 Å². The van der Waals surface area contributed by atoms with Crippen LogP contribution in [0.25, 0.3) is 0 Å².